The molecular formula is C15H21BrN2O2. The van der Waals surface area contributed by atoms with E-state index in [0.29, 0.717) is 6.54 Å². The van der Waals surface area contributed by atoms with Gasteiger partial charge in [-0.05, 0) is 31.0 Å². The molecule has 0 unspecified atom stereocenters. The molecule has 0 atom stereocenters. The van der Waals surface area contributed by atoms with Crippen LogP contribution in [0.4, 0.5) is 0 Å². The van der Waals surface area contributed by atoms with Crippen LogP contribution < -0.4 is 4.74 Å². The quantitative estimate of drug-likeness (QED) is 0.843. The van der Waals surface area contributed by atoms with Crippen LogP contribution in [0.15, 0.2) is 28.7 Å². The molecule has 0 N–H and O–H groups in total. The highest BCUT2D eigenvalue weighted by Crippen LogP contribution is 2.22. The average molecular weight is 341 g/mol. The van der Waals surface area contributed by atoms with Gasteiger partial charge >= 0.3 is 0 Å². The molecule has 1 fully saturated rings. The molecule has 1 aromatic carbocycles. The van der Waals surface area contributed by atoms with Crippen molar-refractivity contribution >= 4 is 21.8 Å². The second-order valence-corrected chi connectivity index (χ2v) is 6.25. The Morgan fingerprint density at radius 3 is 2.70 bits per heavy atom. The summed E-state index contributed by atoms with van der Waals surface area (Å²) < 4.78 is 7.02. The van der Waals surface area contributed by atoms with Crippen molar-refractivity contribution in [3.8, 4) is 5.75 Å². The maximum atomic E-state index is 11.7. The van der Waals surface area contributed by atoms with Gasteiger partial charge in [0, 0.05) is 31.7 Å². The lowest BCUT2D eigenvalue weighted by molar-refractivity contribution is -0.130. The Labute approximate surface area is 128 Å². The number of nitrogens with zero attached hydrogens (tertiary/aromatic N) is 2. The summed E-state index contributed by atoms with van der Waals surface area (Å²) in [5.74, 6) is 1.07. The van der Waals surface area contributed by atoms with Gasteiger partial charge in [0.1, 0.15) is 11.9 Å². The van der Waals surface area contributed by atoms with Crippen LogP contribution in [-0.2, 0) is 4.79 Å². The monoisotopic (exact) mass is 340 g/mol. The summed E-state index contributed by atoms with van der Waals surface area (Å²) in [6.45, 7) is 2.34. The predicted octanol–water partition coefficient (Wildman–Crippen LogP) is 2.38. The highest BCUT2D eigenvalue weighted by molar-refractivity contribution is 9.10. The van der Waals surface area contributed by atoms with E-state index in [1.165, 1.54) is 0 Å². The first kappa shape index (κ1) is 15.3. The zero-order chi connectivity index (χ0) is 14.5. The second-order valence-electron chi connectivity index (χ2n) is 5.34. The molecule has 0 radical (unpaired) electrons. The Hall–Kier alpha value is -1.07. The molecule has 1 aromatic rings. The number of halogens is 1. The van der Waals surface area contributed by atoms with E-state index in [1.807, 2.05) is 24.3 Å². The Bertz CT molecular complexity index is 457. The minimum Gasteiger partial charge on any atom is -0.490 e. The largest absolute Gasteiger partial charge is 0.490 e. The molecule has 0 aromatic heterocycles. The number of amides is 1. The van der Waals surface area contributed by atoms with E-state index in [4.69, 9.17) is 4.74 Å². The van der Waals surface area contributed by atoms with Gasteiger partial charge < -0.3 is 9.64 Å². The van der Waals surface area contributed by atoms with Gasteiger partial charge in [0.05, 0.1) is 6.54 Å². The summed E-state index contributed by atoms with van der Waals surface area (Å²) in [5, 5.41) is 0. The lowest BCUT2D eigenvalue weighted by Crippen LogP contribution is -2.43. The number of likely N-dealkylation sites (tertiary alicyclic amines) is 1. The standard InChI is InChI=1S/C15H21BrN2O2/c1-17(2)15(19)11-18-8-6-13(7-9-18)20-14-5-3-4-12(16)10-14/h3-5,10,13H,6-9,11H2,1-2H3. The van der Waals surface area contributed by atoms with Crippen LogP contribution in [0.5, 0.6) is 5.75 Å². The third kappa shape index (κ3) is 4.49. The number of benzene rings is 1. The highest BCUT2D eigenvalue weighted by Gasteiger charge is 2.22. The van der Waals surface area contributed by atoms with Crippen LogP contribution in [-0.4, -0.2) is 55.5 Å². The Morgan fingerprint density at radius 2 is 2.10 bits per heavy atom. The van der Waals surface area contributed by atoms with E-state index in [2.05, 4.69) is 20.8 Å². The van der Waals surface area contributed by atoms with Crippen molar-refractivity contribution in [2.24, 2.45) is 0 Å². The lowest BCUT2D eigenvalue weighted by atomic mass is 10.1. The molecule has 1 aliphatic rings. The van der Waals surface area contributed by atoms with E-state index in [9.17, 15) is 4.79 Å². The number of carbonyl (C=O) groups excluding carboxylic acids is 1. The molecule has 1 amide bonds. The normalized spacial score (nSPS) is 16.9. The fraction of sp³-hybridized carbons (Fsp3) is 0.533. The van der Waals surface area contributed by atoms with Crippen LogP contribution in [0.2, 0.25) is 0 Å². The maximum Gasteiger partial charge on any atom is 0.236 e. The van der Waals surface area contributed by atoms with Gasteiger partial charge in [0.25, 0.3) is 0 Å². The van der Waals surface area contributed by atoms with Crippen molar-refractivity contribution in [3.05, 3.63) is 28.7 Å². The molecule has 2 rings (SSSR count). The van der Waals surface area contributed by atoms with Gasteiger partial charge in [0.2, 0.25) is 5.91 Å². The number of hydrogen-bond donors (Lipinski definition) is 0. The van der Waals surface area contributed by atoms with Crippen molar-refractivity contribution in [2.75, 3.05) is 33.7 Å². The number of piperidine rings is 1. The van der Waals surface area contributed by atoms with Crippen LogP contribution >= 0.6 is 15.9 Å². The molecule has 1 aliphatic heterocycles. The molecule has 5 heteroatoms. The SMILES string of the molecule is CN(C)C(=O)CN1CCC(Oc2cccc(Br)c2)CC1. The lowest BCUT2D eigenvalue weighted by Gasteiger charge is -2.32. The summed E-state index contributed by atoms with van der Waals surface area (Å²) in [7, 11) is 3.59. The maximum absolute atomic E-state index is 11.7. The first-order chi connectivity index (χ1) is 9.54. The van der Waals surface area contributed by atoms with E-state index < -0.39 is 0 Å². The summed E-state index contributed by atoms with van der Waals surface area (Å²) in [6, 6.07) is 7.93. The summed E-state index contributed by atoms with van der Waals surface area (Å²) in [4.78, 5) is 15.5. The fourth-order valence-electron chi connectivity index (χ4n) is 2.25. The zero-order valence-corrected chi connectivity index (χ0v) is 13.6. The third-order valence-corrected chi connectivity index (χ3v) is 3.98. The van der Waals surface area contributed by atoms with Gasteiger partial charge in [-0.1, -0.05) is 22.0 Å². The second kappa shape index (κ2) is 7.09. The number of hydrogen-bond acceptors (Lipinski definition) is 3. The number of ether oxygens (including phenoxy) is 1. The zero-order valence-electron chi connectivity index (χ0n) is 12.0. The number of carbonyl (C=O) groups is 1. The van der Waals surface area contributed by atoms with Gasteiger partial charge in [-0.2, -0.15) is 0 Å². The average Bonchev–Trinajstić information content (AvgIpc) is 2.41. The molecule has 20 heavy (non-hydrogen) atoms. The summed E-state index contributed by atoms with van der Waals surface area (Å²) in [6.07, 6.45) is 2.18. The van der Waals surface area contributed by atoms with E-state index in [1.54, 1.807) is 19.0 Å². The van der Waals surface area contributed by atoms with Crippen molar-refractivity contribution in [1.82, 2.24) is 9.80 Å². The first-order valence-electron chi connectivity index (χ1n) is 6.89. The van der Waals surface area contributed by atoms with Crippen molar-refractivity contribution in [2.45, 2.75) is 18.9 Å². The molecule has 110 valence electrons. The van der Waals surface area contributed by atoms with Crippen molar-refractivity contribution in [3.63, 3.8) is 0 Å². The van der Waals surface area contributed by atoms with Crippen molar-refractivity contribution < 1.29 is 9.53 Å². The first-order valence-corrected chi connectivity index (χ1v) is 7.68. The molecule has 1 saturated heterocycles. The molecule has 0 spiro atoms. The van der Waals surface area contributed by atoms with Crippen LogP contribution in [0, 0.1) is 0 Å². The molecule has 0 aliphatic carbocycles. The van der Waals surface area contributed by atoms with Gasteiger partial charge in [-0.25, -0.2) is 0 Å². The minimum atomic E-state index is 0.163. The van der Waals surface area contributed by atoms with E-state index in [0.717, 1.165) is 36.2 Å². The van der Waals surface area contributed by atoms with Crippen LogP contribution in [0.25, 0.3) is 0 Å². The van der Waals surface area contributed by atoms with Crippen molar-refractivity contribution in [1.29, 1.82) is 0 Å². The number of likely N-dealkylation sites (N-methyl/N-ethyl adjacent to an activating group) is 1. The van der Waals surface area contributed by atoms with Gasteiger partial charge in [-0.3, -0.25) is 9.69 Å². The van der Waals surface area contributed by atoms with E-state index in [-0.39, 0.29) is 12.0 Å². The smallest absolute Gasteiger partial charge is 0.236 e. The molecule has 0 saturated carbocycles. The van der Waals surface area contributed by atoms with Crippen LogP contribution in [0.1, 0.15) is 12.8 Å². The summed E-state index contributed by atoms with van der Waals surface area (Å²) in [5.41, 5.74) is 0. The number of rotatable bonds is 4. The topological polar surface area (TPSA) is 32.8 Å². The highest BCUT2D eigenvalue weighted by atomic mass is 79.9. The summed E-state index contributed by atoms with van der Waals surface area (Å²) >= 11 is 3.45. The van der Waals surface area contributed by atoms with Gasteiger partial charge in [-0.15, -0.1) is 0 Å². The molecule has 0 bridgehead atoms. The Kier molecular flexibility index (Phi) is 5.43. The fourth-order valence-corrected chi connectivity index (χ4v) is 2.63. The Balaban J connectivity index is 1.78. The Morgan fingerprint density at radius 1 is 1.40 bits per heavy atom. The predicted molar refractivity (Wildman–Crippen MR) is 82.9 cm³/mol. The van der Waals surface area contributed by atoms with Gasteiger partial charge in [0.15, 0.2) is 0 Å². The minimum absolute atomic E-state index is 0.163. The van der Waals surface area contributed by atoms with E-state index >= 15 is 0 Å². The van der Waals surface area contributed by atoms with Crippen LogP contribution in [0.3, 0.4) is 0 Å². The third-order valence-electron chi connectivity index (χ3n) is 3.49. The molecule has 1 heterocycles. The molecule has 4 nitrogen and oxygen atoms in total. The molecular weight excluding hydrogens is 320 g/mol.